The van der Waals surface area contributed by atoms with Crippen molar-refractivity contribution in [2.75, 3.05) is 13.2 Å². The number of rotatable bonds is 10. The number of ether oxygens (including phenoxy) is 2. The van der Waals surface area contributed by atoms with E-state index in [1.165, 1.54) is 0 Å². The van der Waals surface area contributed by atoms with E-state index in [-0.39, 0.29) is 11.9 Å². The van der Waals surface area contributed by atoms with Gasteiger partial charge in [0.05, 0.1) is 6.61 Å². The Kier molecular flexibility index (Phi) is 8.85. The molecule has 0 fully saturated rings. The summed E-state index contributed by atoms with van der Waals surface area (Å²) in [5.41, 5.74) is 0.225. The summed E-state index contributed by atoms with van der Waals surface area (Å²) in [6, 6.07) is 0. The molecule has 0 saturated carbocycles. The van der Waals surface area contributed by atoms with Crippen molar-refractivity contribution in [3.8, 4) is 0 Å². The molecule has 0 heterocycles. The molecule has 16 heavy (non-hydrogen) atoms. The first kappa shape index (κ1) is 15.1. The summed E-state index contributed by atoms with van der Waals surface area (Å²) in [6.45, 7) is 8.61. The maximum atomic E-state index is 10.4. The van der Waals surface area contributed by atoms with E-state index in [9.17, 15) is 4.79 Å². The Hall–Kier alpha value is -0.870. The van der Waals surface area contributed by atoms with Crippen LogP contribution in [0.5, 0.6) is 0 Å². The Labute approximate surface area is 97.2 Å². The third-order valence-electron chi connectivity index (χ3n) is 2.13. The SMILES string of the molecule is C=C(CCCOC(C)OCCCC)C(=O)O. The molecule has 0 amide bonds. The molecule has 0 radical (unpaired) electrons. The highest BCUT2D eigenvalue weighted by molar-refractivity contribution is 5.85. The van der Waals surface area contributed by atoms with E-state index >= 15 is 0 Å². The highest BCUT2D eigenvalue weighted by atomic mass is 16.7. The molecular formula is C12H22O4. The van der Waals surface area contributed by atoms with Gasteiger partial charge in [-0.2, -0.15) is 0 Å². The average Bonchev–Trinajstić information content (AvgIpc) is 2.24. The highest BCUT2D eigenvalue weighted by Crippen LogP contribution is 2.04. The molecule has 1 atom stereocenters. The van der Waals surface area contributed by atoms with Crippen LogP contribution in [0.2, 0.25) is 0 Å². The van der Waals surface area contributed by atoms with Crippen molar-refractivity contribution in [2.45, 2.75) is 45.8 Å². The molecule has 0 aliphatic carbocycles. The van der Waals surface area contributed by atoms with Crippen LogP contribution in [0.25, 0.3) is 0 Å². The number of hydrogen-bond acceptors (Lipinski definition) is 3. The van der Waals surface area contributed by atoms with Gasteiger partial charge in [-0.05, 0) is 26.2 Å². The summed E-state index contributed by atoms with van der Waals surface area (Å²) in [5, 5.41) is 8.57. The maximum Gasteiger partial charge on any atom is 0.330 e. The summed E-state index contributed by atoms with van der Waals surface area (Å²) in [4.78, 5) is 10.4. The van der Waals surface area contributed by atoms with Crippen molar-refractivity contribution < 1.29 is 19.4 Å². The van der Waals surface area contributed by atoms with Gasteiger partial charge in [-0.1, -0.05) is 19.9 Å². The van der Waals surface area contributed by atoms with Gasteiger partial charge in [0.1, 0.15) is 0 Å². The summed E-state index contributed by atoms with van der Waals surface area (Å²) in [5.74, 6) is -0.938. The smallest absolute Gasteiger partial charge is 0.330 e. The van der Waals surface area contributed by atoms with E-state index in [4.69, 9.17) is 14.6 Å². The Bertz CT molecular complexity index is 213. The zero-order valence-corrected chi connectivity index (χ0v) is 10.2. The highest BCUT2D eigenvalue weighted by Gasteiger charge is 2.05. The number of unbranched alkanes of at least 4 members (excludes halogenated alkanes) is 1. The number of carboxylic acids is 1. The van der Waals surface area contributed by atoms with Gasteiger partial charge in [-0.3, -0.25) is 0 Å². The second-order valence-electron chi connectivity index (χ2n) is 3.68. The van der Waals surface area contributed by atoms with E-state index in [1.807, 2.05) is 6.92 Å². The zero-order valence-electron chi connectivity index (χ0n) is 10.2. The number of carboxylic acid groups (broad SMARTS) is 1. The molecule has 0 aromatic carbocycles. The largest absolute Gasteiger partial charge is 0.478 e. The van der Waals surface area contributed by atoms with Crippen LogP contribution in [-0.4, -0.2) is 30.6 Å². The van der Waals surface area contributed by atoms with Crippen LogP contribution in [-0.2, 0) is 14.3 Å². The van der Waals surface area contributed by atoms with Crippen molar-refractivity contribution in [2.24, 2.45) is 0 Å². The van der Waals surface area contributed by atoms with Crippen molar-refractivity contribution in [3.05, 3.63) is 12.2 Å². The molecule has 0 rings (SSSR count). The van der Waals surface area contributed by atoms with Crippen molar-refractivity contribution >= 4 is 5.97 Å². The summed E-state index contributed by atoms with van der Waals surface area (Å²) in [6.07, 6.45) is 3.03. The van der Waals surface area contributed by atoms with Crippen LogP contribution >= 0.6 is 0 Å². The fraction of sp³-hybridized carbons (Fsp3) is 0.750. The van der Waals surface area contributed by atoms with Crippen LogP contribution in [0.3, 0.4) is 0 Å². The number of aliphatic carboxylic acids is 1. The third-order valence-corrected chi connectivity index (χ3v) is 2.13. The summed E-state index contributed by atoms with van der Waals surface area (Å²) >= 11 is 0. The fourth-order valence-corrected chi connectivity index (χ4v) is 1.08. The van der Waals surface area contributed by atoms with Crippen LogP contribution in [0, 0.1) is 0 Å². The minimum absolute atomic E-state index is 0.218. The monoisotopic (exact) mass is 230 g/mol. The van der Waals surface area contributed by atoms with Gasteiger partial charge in [0.2, 0.25) is 0 Å². The van der Waals surface area contributed by atoms with E-state index in [2.05, 4.69) is 13.5 Å². The Morgan fingerprint density at radius 2 is 1.88 bits per heavy atom. The van der Waals surface area contributed by atoms with Crippen molar-refractivity contribution in [1.29, 1.82) is 0 Å². The lowest BCUT2D eigenvalue weighted by Crippen LogP contribution is -2.14. The molecule has 0 aliphatic heterocycles. The van der Waals surface area contributed by atoms with Crippen LogP contribution in [0.4, 0.5) is 0 Å². The van der Waals surface area contributed by atoms with Crippen molar-refractivity contribution in [1.82, 2.24) is 0 Å². The first-order valence-electron chi connectivity index (χ1n) is 5.72. The lowest BCUT2D eigenvalue weighted by atomic mass is 10.2. The normalized spacial score (nSPS) is 12.4. The molecule has 0 bridgehead atoms. The zero-order chi connectivity index (χ0) is 12.4. The van der Waals surface area contributed by atoms with Gasteiger partial charge in [-0.25, -0.2) is 4.79 Å². The molecule has 0 spiro atoms. The molecule has 4 heteroatoms. The van der Waals surface area contributed by atoms with E-state index < -0.39 is 5.97 Å². The van der Waals surface area contributed by atoms with E-state index in [0.717, 1.165) is 12.8 Å². The Morgan fingerprint density at radius 3 is 2.38 bits per heavy atom. The topological polar surface area (TPSA) is 55.8 Å². The van der Waals surface area contributed by atoms with Gasteiger partial charge in [0.25, 0.3) is 0 Å². The third kappa shape index (κ3) is 8.44. The van der Waals surface area contributed by atoms with Crippen LogP contribution < -0.4 is 0 Å². The molecule has 0 saturated heterocycles. The second kappa shape index (κ2) is 9.36. The summed E-state index contributed by atoms with van der Waals surface area (Å²) < 4.78 is 10.7. The van der Waals surface area contributed by atoms with Gasteiger partial charge in [0, 0.05) is 12.2 Å². The van der Waals surface area contributed by atoms with Gasteiger partial charge in [-0.15, -0.1) is 0 Å². The van der Waals surface area contributed by atoms with Gasteiger partial charge in [0.15, 0.2) is 6.29 Å². The first-order chi connectivity index (χ1) is 7.57. The number of hydrogen-bond donors (Lipinski definition) is 1. The lowest BCUT2D eigenvalue weighted by Gasteiger charge is -2.13. The Morgan fingerprint density at radius 1 is 1.31 bits per heavy atom. The van der Waals surface area contributed by atoms with E-state index in [1.54, 1.807) is 0 Å². The second-order valence-corrected chi connectivity index (χ2v) is 3.68. The molecule has 0 aliphatic rings. The Balaban J connectivity index is 3.37. The predicted octanol–water partition coefficient (Wildman–Crippen LogP) is 2.59. The van der Waals surface area contributed by atoms with E-state index in [0.29, 0.717) is 26.1 Å². The predicted molar refractivity (Wildman–Crippen MR) is 62.3 cm³/mol. The minimum atomic E-state index is -0.938. The van der Waals surface area contributed by atoms with Crippen LogP contribution in [0.1, 0.15) is 39.5 Å². The molecule has 94 valence electrons. The van der Waals surface area contributed by atoms with Gasteiger partial charge < -0.3 is 14.6 Å². The van der Waals surface area contributed by atoms with Gasteiger partial charge >= 0.3 is 5.97 Å². The molecule has 4 nitrogen and oxygen atoms in total. The first-order valence-corrected chi connectivity index (χ1v) is 5.72. The maximum absolute atomic E-state index is 10.4. The number of carbonyl (C=O) groups is 1. The van der Waals surface area contributed by atoms with Crippen LogP contribution in [0.15, 0.2) is 12.2 Å². The summed E-state index contributed by atoms with van der Waals surface area (Å²) in [7, 11) is 0. The quantitative estimate of drug-likeness (QED) is 0.356. The molecule has 0 aromatic heterocycles. The fourth-order valence-electron chi connectivity index (χ4n) is 1.08. The minimum Gasteiger partial charge on any atom is -0.478 e. The molecule has 0 aromatic rings. The van der Waals surface area contributed by atoms with Crippen molar-refractivity contribution in [3.63, 3.8) is 0 Å². The molecule has 1 N–H and O–H groups in total. The molecule has 1 unspecified atom stereocenters. The average molecular weight is 230 g/mol. The molecular weight excluding hydrogens is 208 g/mol. The lowest BCUT2D eigenvalue weighted by molar-refractivity contribution is -0.133. The standard InChI is InChI=1S/C12H22O4/c1-4-5-8-15-11(3)16-9-6-7-10(2)12(13)14/h11H,2,4-9H2,1,3H3,(H,13,14).